The summed E-state index contributed by atoms with van der Waals surface area (Å²) in [5, 5.41) is 6.82. The molecule has 2 nitrogen and oxygen atoms in total. The monoisotopic (exact) mass is 375 g/mol. The van der Waals surface area contributed by atoms with Gasteiger partial charge in [-0.05, 0) is 36.4 Å². The minimum atomic E-state index is -1.87. The van der Waals surface area contributed by atoms with Gasteiger partial charge < -0.3 is 5.73 Å². The Labute approximate surface area is 158 Å². The molecule has 0 aliphatic heterocycles. The number of benzene rings is 3. The summed E-state index contributed by atoms with van der Waals surface area (Å²) in [7, 11) is -1.87. The molecular weight excluding hydrogens is 355 g/mol. The van der Waals surface area contributed by atoms with Gasteiger partial charge in [0, 0.05) is 5.38 Å². The third-order valence-electron chi connectivity index (χ3n) is 4.56. The topological polar surface area (TPSA) is 38.9 Å². The fraction of sp³-hybridized carbons (Fsp3) is 0.0455. The first-order valence-electron chi connectivity index (χ1n) is 8.54. The molecule has 0 aliphatic carbocycles. The Morgan fingerprint density at radius 3 is 1.46 bits per heavy atom. The zero-order valence-corrected chi connectivity index (χ0v) is 16.0. The third-order valence-corrected chi connectivity index (χ3v) is 9.62. The molecule has 0 saturated heterocycles. The van der Waals surface area contributed by atoms with Crippen LogP contribution in [0.3, 0.4) is 0 Å². The highest BCUT2D eigenvalue weighted by atomic mass is 32.1. The molecular formula is C22H20N2PS+. The third kappa shape index (κ3) is 3.16. The van der Waals surface area contributed by atoms with Crippen molar-refractivity contribution in [3.63, 3.8) is 0 Å². The van der Waals surface area contributed by atoms with E-state index in [4.69, 9.17) is 5.73 Å². The summed E-state index contributed by atoms with van der Waals surface area (Å²) in [5.74, 6) is 0. The molecule has 0 aliphatic rings. The molecule has 0 amide bonds. The Kier molecular flexibility index (Phi) is 4.83. The molecule has 2 N–H and O–H groups in total. The van der Waals surface area contributed by atoms with Gasteiger partial charge in [-0.1, -0.05) is 54.6 Å². The Morgan fingerprint density at radius 2 is 1.12 bits per heavy atom. The van der Waals surface area contributed by atoms with Crippen molar-refractivity contribution < 1.29 is 0 Å². The van der Waals surface area contributed by atoms with Crippen molar-refractivity contribution in [2.75, 3.05) is 5.73 Å². The van der Waals surface area contributed by atoms with Crippen LogP contribution in [0.25, 0.3) is 0 Å². The van der Waals surface area contributed by atoms with Crippen LogP contribution in [-0.2, 0) is 6.16 Å². The Hall–Kier alpha value is -2.48. The molecule has 4 heteroatoms. The van der Waals surface area contributed by atoms with E-state index in [0.29, 0.717) is 5.13 Å². The normalized spacial score (nSPS) is 11.4. The van der Waals surface area contributed by atoms with Crippen molar-refractivity contribution in [1.82, 2.24) is 4.98 Å². The second-order valence-electron chi connectivity index (χ2n) is 6.15. The van der Waals surface area contributed by atoms with Gasteiger partial charge in [-0.25, -0.2) is 4.98 Å². The Bertz CT molecular complexity index is 872. The summed E-state index contributed by atoms with van der Waals surface area (Å²) in [6, 6.07) is 32.5. The van der Waals surface area contributed by atoms with Gasteiger partial charge in [-0.3, -0.25) is 0 Å². The number of nitrogen functional groups attached to an aromatic ring is 1. The molecule has 1 heterocycles. The number of hydrogen-bond donors (Lipinski definition) is 1. The van der Waals surface area contributed by atoms with Gasteiger partial charge in [0.15, 0.2) is 5.13 Å². The quantitative estimate of drug-likeness (QED) is 0.531. The van der Waals surface area contributed by atoms with Crippen molar-refractivity contribution in [3.05, 3.63) is 102 Å². The van der Waals surface area contributed by atoms with Crippen LogP contribution in [-0.4, -0.2) is 4.98 Å². The average Bonchev–Trinajstić information content (AvgIpc) is 3.13. The Morgan fingerprint density at radius 1 is 0.692 bits per heavy atom. The van der Waals surface area contributed by atoms with E-state index in [-0.39, 0.29) is 0 Å². The lowest BCUT2D eigenvalue weighted by Gasteiger charge is -2.27. The standard InChI is InChI=1S/C22H20N2PS/c23-22-24-18(17-26-22)16-25(19-10-4-1-5-11-19,20-12-6-2-7-13-20)21-14-8-3-9-15-21/h1-15,17H,16H2,(H2,23,24)/q+1. The highest BCUT2D eigenvalue weighted by molar-refractivity contribution is 7.95. The van der Waals surface area contributed by atoms with Gasteiger partial charge >= 0.3 is 0 Å². The van der Waals surface area contributed by atoms with Crippen molar-refractivity contribution in [3.8, 4) is 0 Å². The first-order chi connectivity index (χ1) is 12.8. The van der Waals surface area contributed by atoms with Crippen LogP contribution in [0.2, 0.25) is 0 Å². The fourth-order valence-electron chi connectivity index (χ4n) is 3.41. The van der Waals surface area contributed by atoms with Crippen LogP contribution in [0.4, 0.5) is 5.13 Å². The number of anilines is 1. The summed E-state index contributed by atoms with van der Waals surface area (Å²) in [4.78, 5) is 4.60. The maximum absolute atomic E-state index is 5.93. The molecule has 1 aromatic heterocycles. The van der Waals surface area contributed by atoms with Crippen LogP contribution in [0.1, 0.15) is 5.69 Å². The zero-order valence-electron chi connectivity index (χ0n) is 14.3. The number of nitrogens with zero attached hydrogens (tertiary/aromatic N) is 1. The van der Waals surface area contributed by atoms with Crippen LogP contribution in [0.15, 0.2) is 96.4 Å². The lowest BCUT2D eigenvalue weighted by Crippen LogP contribution is -2.32. The van der Waals surface area contributed by atoms with E-state index in [0.717, 1.165) is 11.9 Å². The van der Waals surface area contributed by atoms with E-state index in [9.17, 15) is 0 Å². The molecule has 4 rings (SSSR count). The summed E-state index contributed by atoms with van der Waals surface area (Å²) in [6.07, 6.45) is 0.874. The fourth-order valence-corrected chi connectivity index (χ4v) is 8.23. The molecule has 0 bridgehead atoms. The van der Waals surface area contributed by atoms with Gasteiger partial charge in [-0.2, -0.15) is 0 Å². The second kappa shape index (κ2) is 7.41. The number of aromatic nitrogens is 1. The first-order valence-corrected chi connectivity index (χ1v) is 11.4. The molecule has 0 radical (unpaired) electrons. The van der Waals surface area contributed by atoms with E-state index in [1.807, 2.05) is 0 Å². The smallest absolute Gasteiger partial charge is 0.180 e. The minimum Gasteiger partial charge on any atom is -0.375 e. The molecule has 26 heavy (non-hydrogen) atoms. The number of rotatable bonds is 5. The van der Waals surface area contributed by atoms with E-state index < -0.39 is 7.26 Å². The summed E-state index contributed by atoms with van der Waals surface area (Å²) >= 11 is 1.52. The maximum Gasteiger partial charge on any atom is 0.180 e. The molecule has 0 spiro atoms. The van der Waals surface area contributed by atoms with Gasteiger partial charge in [0.1, 0.15) is 29.3 Å². The molecule has 0 unspecified atom stereocenters. The number of hydrogen-bond acceptors (Lipinski definition) is 3. The highest BCUT2D eigenvalue weighted by Gasteiger charge is 2.45. The second-order valence-corrected chi connectivity index (χ2v) is 10.5. The highest BCUT2D eigenvalue weighted by Crippen LogP contribution is 2.58. The summed E-state index contributed by atoms with van der Waals surface area (Å²) in [5.41, 5.74) is 7.00. The predicted octanol–water partition coefficient (Wildman–Crippen LogP) is 4.22. The van der Waals surface area contributed by atoms with Crippen molar-refractivity contribution >= 4 is 39.6 Å². The SMILES string of the molecule is Nc1nc(C[P+](c2ccccc2)(c2ccccc2)c2ccccc2)cs1. The molecule has 3 aromatic carbocycles. The lowest BCUT2D eigenvalue weighted by atomic mass is 10.4. The lowest BCUT2D eigenvalue weighted by molar-refractivity contribution is 1.23. The van der Waals surface area contributed by atoms with E-state index in [1.54, 1.807) is 0 Å². The Balaban J connectivity index is 2.00. The van der Waals surface area contributed by atoms with Gasteiger partial charge in [0.2, 0.25) is 0 Å². The van der Waals surface area contributed by atoms with Gasteiger partial charge in [0.25, 0.3) is 0 Å². The molecule has 0 fully saturated rings. The first kappa shape index (κ1) is 17.0. The molecule has 4 aromatic rings. The minimum absolute atomic E-state index is 0.632. The average molecular weight is 375 g/mol. The van der Waals surface area contributed by atoms with Crippen LogP contribution in [0.5, 0.6) is 0 Å². The molecule has 0 saturated carbocycles. The maximum atomic E-state index is 5.93. The number of nitrogens with two attached hydrogens (primary N) is 1. The van der Waals surface area contributed by atoms with Crippen LogP contribution < -0.4 is 21.6 Å². The van der Waals surface area contributed by atoms with Crippen molar-refractivity contribution in [2.24, 2.45) is 0 Å². The van der Waals surface area contributed by atoms with Gasteiger partial charge in [-0.15, -0.1) is 11.3 Å². The summed E-state index contributed by atoms with van der Waals surface area (Å²) < 4.78 is 0. The van der Waals surface area contributed by atoms with Crippen LogP contribution in [0, 0.1) is 0 Å². The van der Waals surface area contributed by atoms with Crippen molar-refractivity contribution in [2.45, 2.75) is 6.16 Å². The molecule has 128 valence electrons. The van der Waals surface area contributed by atoms with E-state index >= 15 is 0 Å². The largest absolute Gasteiger partial charge is 0.375 e. The van der Waals surface area contributed by atoms with E-state index in [1.165, 1.54) is 27.3 Å². The molecule has 0 atom stereocenters. The summed E-state index contributed by atoms with van der Waals surface area (Å²) in [6.45, 7) is 0. The van der Waals surface area contributed by atoms with Crippen LogP contribution >= 0.6 is 18.6 Å². The zero-order chi connectivity index (χ0) is 17.8. The number of thiazole rings is 1. The van der Waals surface area contributed by atoms with Crippen molar-refractivity contribution in [1.29, 1.82) is 0 Å². The van der Waals surface area contributed by atoms with E-state index in [2.05, 4.69) is 101 Å². The van der Waals surface area contributed by atoms with Gasteiger partial charge in [0.05, 0.1) is 5.69 Å². The predicted molar refractivity (Wildman–Crippen MR) is 115 cm³/mol.